The van der Waals surface area contributed by atoms with Crippen LogP contribution in [-0.2, 0) is 0 Å². The second-order valence-electron chi connectivity index (χ2n) is 4.17. The standard InChI is InChI=1S/C13H14FNOS/c1-7-4-8(2)12(10(14)5-7)13(16)11-6-17-9(3)15-11/h4-6,13,16H,1-3H3. The van der Waals surface area contributed by atoms with E-state index in [1.54, 1.807) is 12.3 Å². The normalized spacial score (nSPS) is 12.8. The molecule has 17 heavy (non-hydrogen) atoms. The van der Waals surface area contributed by atoms with Crippen molar-refractivity contribution in [3.05, 3.63) is 50.7 Å². The molecule has 2 nitrogen and oxygen atoms in total. The van der Waals surface area contributed by atoms with E-state index in [-0.39, 0.29) is 5.82 Å². The van der Waals surface area contributed by atoms with E-state index >= 15 is 0 Å². The maximum Gasteiger partial charge on any atom is 0.129 e. The number of halogens is 1. The largest absolute Gasteiger partial charge is 0.382 e. The Kier molecular flexibility index (Phi) is 3.26. The summed E-state index contributed by atoms with van der Waals surface area (Å²) in [6.07, 6.45) is -0.986. The quantitative estimate of drug-likeness (QED) is 0.888. The highest BCUT2D eigenvalue weighted by molar-refractivity contribution is 7.09. The molecule has 1 atom stereocenters. The minimum atomic E-state index is -0.986. The van der Waals surface area contributed by atoms with Crippen LogP contribution in [0.3, 0.4) is 0 Å². The van der Waals surface area contributed by atoms with E-state index in [2.05, 4.69) is 4.98 Å². The summed E-state index contributed by atoms with van der Waals surface area (Å²) in [7, 11) is 0. The summed E-state index contributed by atoms with van der Waals surface area (Å²) in [6, 6.07) is 3.30. The van der Waals surface area contributed by atoms with Crippen LogP contribution >= 0.6 is 11.3 Å². The molecule has 2 aromatic rings. The van der Waals surface area contributed by atoms with Crippen molar-refractivity contribution in [2.24, 2.45) is 0 Å². The summed E-state index contributed by atoms with van der Waals surface area (Å²) in [5, 5.41) is 12.8. The van der Waals surface area contributed by atoms with Crippen molar-refractivity contribution in [1.82, 2.24) is 4.98 Å². The van der Waals surface area contributed by atoms with Gasteiger partial charge in [-0.3, -0.25) is 0 Å². The van der Waals surface area contributed by atoms with Crippen molar-refractivity contribution in [2.45, 2.75) is 26.9 Å². The first-order valence-electron chi connectivity index (χ1n) is 5.35. The van der Waals surface area contributed by atoms with Crippen LogP contribution in [0.15, 0.2) is 17.5 Å². The first-order chi connectivity index (χ1) is 7.99. The van der Waals surface area contributed by atoms with Gasteiger partial charge in [0.05, 0.1) is 10.7 Å². The van der Waals surface area contributed by atoms with Gasteiger partial charge in [-0.25, -0.2) is 9.37 Å². The number of rotatable bonds is 2. The van der Waals surface area contributed by atoms with Gasteiger partial charge in [0.1, 0.15) is 11.9 Å². The Bertz CT molecular complexity index is 527. The highest BCUT2D eigenvalue weighted by atomic mass is 32.1. The molecule has 0 amide bonds. The summed E-state index contributed by atoms with van der Waals surface area (Å²) in [5.41, 5.74) is 2.44. The number of nitrogens with zero attached hydrogens (tertiary/aromatic N) is 1. The summed E-state index contributed by atoms with van der Waals surface area (Å²) in [5.74, 6) is -0.374. The van der Waals surface area contributed by atoms with Gasteiger partial charge in [0.2, 0.25) is 0 Å². The third-order valence-electron chi connectivity index (χ3n) is 2.67. The van der Waals surface area contributed by atoms with Gasteiger partial charge in [0, 0.05) is 10.9 Å². The number of hydrogen-bond acceptors (Lipinski definition) is 3. The lowest BCUT2D eigenvalue weighted by Gasteiger charge is -2.13. The first kappa shape index (κ1) is 12.2. The van der Waals surface area contributed by atoms with E-state index in [1.165, 1.54) is 17.4 Å². The van der Waals surface area contributed by atoms with Gasteiger partial charge in [-0.2, -0.15) is 0 Å². The van der Waals surface area contributed by atoms with Crippen molar-refractivity contribution in [2.75, 3.05) is 0 Å². The maximum atomic E-state index is 13.9. The van der Waals surface area contributed by atoms with Gasteiger partial charge in [0.15, 0.2) is 0 Å². The summed E-state index contributed by atoms with van der Waals surface area (Å²) >= 11 is 1.45. The smallest absolute Gasteiger partial charge is 0.129 e. The minimum Gasteiger partial charge on any atom is -0.382 e. The molecule has 90 valence electrons. The monoisotopic (exact) mass is 251 g/mol. The second-order valence-corrected chi connectivity index (χ2v) is 5.23. The topological polar surface area (TPSA) is 33.1 Å². The van der Waals surface area contributed by atoms with E-state index in [1.807, 2.05) is 19.9 Å². The van der Waals surface area contributed by atoms with Crippen LogP contribution in [0.2, 0.25) is 0 Å². The van der Waals surface area contributed by atoms with Gasteiger partial charge in [-0.05, 0) is 38.0 Å². The van der Waals surface area contributed by atoms with Crippen LogP contribution in [0.1, 0.15) is 33.5 Å². The number of benzene rings is 1. The van der Waals surface area contributed by atoms with Crippen LogP contribution in [0.25, 0.3) is 0 Å². The van der Waals surface area contributed by atoms with Crippen LogP contribution in [0.4, 0.5) is 4.39 Å². The molecule has 0 bridgehead atoms. The molecule has 0 aliphatic rings. The Morgan fingerprint density at radius 3 is 2.53 bits per heavy atom. The molecule has 0 radical (unpaired) electrons. The average Bonchev–Trinajstić information content (AvgIpc) is 2.63. The summed E-state index contributed by atoms with van der Waals surface area (Å²) in [4.78, 5) is 4.19. The zero-order valence-electron chi connectivity index (χ0n) is 9.99. The van der Waals surface area contributed by atoms with Crippen molar-refractivity contribution < 1.29 is 9.50 Å². The predicted molar refractivity (Wildman–Crippen MR) is 66.8 cm³/mol. The molecular formula is C13H14FNOS. The fourth-order valence-corrected chi connectivity index (χ4v) is 2.56. The molecule has 1 aromatic heterocycles. The van der Waals surface area contributed by atoms with Crippen LogP contribution < -0.4 is 0 Å². The average molecular weight is 251 g/mol. The SMILES string of the molecule is Cc1cc(C)c(C(O)c2csc(C)n2)c(F)c1. The summed E-state index contributed by atoms with van der Waals surface area (Å²) < 4.78 is 13.9. The summed E-state index contributed by atoms with van der Waals surface area (Å²) in [6.45, 7) is 5.49. The van der Waals surface area contributed by atoms with Gasteiger partial charge >= 0.3 is 0 Å². The maximum absolute atomic E-state index is 13.9. The molecule has 4 heteroatoms. The molecule has 0 saturated carbocycles. The van der Waals surface area contributed by atoms with Crippen molar-refractivity contribution in [1.29, 1.82) is 0 Å². The number of hydrogen-bond donors (Lipinski definition) is 1. The Labute approximate surface area is 104 Å². The lowest BCUT2D eigenvalue weighted by molar-refractivity contribution is 0.210. The molecule has 0 spiro atoms. The second kappa shape index (κ2) is 4.55. The Balaban J connectivity index is 2.47. The van der Waals surface area contributed by atoms with Gasteiger partial charge in [-0.1, -0.05) is 6.07 Å². The third kappa shape index (κ3) is 2.37. The molecule has 1 unspecified atom stereocenters. The molecule has 0 aliphatic heterocycles. The van der Waals surface area contributed by atoms with Crippen LogP contribution in [-0.4, -0.2) is 10.1 Å². The highest BCUT2D eigenvalue weighted by Gasteiger charge is 2.19. The van der Waals surface area contributed by atoms with E-state index in [9.17, 15) is 9.50 Å². The Hall–Kier alpha value is -1.26. The number of aromatic nitrogens is 1. The van der Waals surface area contributed by atoms with Crippen molar-refractivity contribution in [3.63, 3.8) is 0 Å². The van der Waals surface area contributed by atoms with Crippen LogP contribution in [0, 0.1) is 26.6 Å². The van der Waals surface area contributed by atoms with E-state index in [0.29, 0.717) is 11.3 Å². The van der Waals surface area contributed by atoms with Crippen molar-refractivity contribution in [3.8, 4) is 0 Å². The molecule has 0 aliphatic carbocycles. The van der Waals surface area contributed by atoms with E-state index < -0.39 is 6.10 Å². The fourth-order valence-electron chi connectivity index (χ4n) is 1.93. The fraction of sp³-hybridized carbons (Fsp3) is 0.308. The zero-order chi connectivity index (χ0) is 12.6. The lowest BCUT2D eigenvalue weighted by Crippen LogP contribution is -2.06. The molecule has 0 saturated heterocycles. The van der Waals surface area contributed by atoms with Gasteiger partial charge in [0.25, 0.3) is 0 Å². The number of aliphatic hydroxyl groups is 1. The molecule has 1 heterocycles. The molecule has 1 aromatic carbocycles. The Morgan fingerprint density at radius 1 is 1.29 bits per heavy atom. The molecule has 0 fully saturated rings. The zero-order valence-corrected chi connectivity index (χ0v) is 10.8. The van der Waals surface area contributed by atoms with Crippen LogP contribution in [0.5, 0.6) is 0 Å². The van der Waals surface area contributed by atoms with Crippen molar-refractivity contribution >= 4 is 11.3 Å². The Morgan fingerprint density at radius 2 is 2.00 bits per heavy atom. The minimum absolute atomic E-state index is 0.320. The van der Waals surface area contributed by atoms with Gasteiger partial charge < -0.3 is 5.11 Å². The van der Waals surface area contributed by atoms with E-state index in [0.717, 1.165) is 16.1 Å². The third-order valence-corrected chi connectivity index (χ3v) is 3.46. The lowest BCUT2D eigenvalue weighted by atomic mass is 9.99. The molecular weight excluding hydrogens is 237 g/mol. The number of aryl methyl sites for hydroxylation is 3. The predicted octanol–water partition coefficient (Wildman–Crippen LogP) is 3.29. The number of thiazole rings is 1. The van der Waals surface area contributed by atoms with E-state index in [4.69, 9.17) is 0 Å². The molecule has 1 N–H and O–H groups in total. The first-order valence-corrected chi connectivity index (χ1v) is 6.23. The van der Waals surface area contributed by atoms with Gasteiger partial charge in [-0.15, -0.1) is 11.3 Å². The number of aliphatic hydroxyl groups excluding tert-OH is 1. The highest BCUT2D eigenvalue weighted by Crippen LogP contribution is 2.28. The molecule has 2 rings (SSSR count).